The first-order valence-electron chi connectivity index (χ1n) is 7.99. The molecule has 0 atom stereocenters. The van der Waals surface area contributed by atoms with Crippen LogP contribution in [0, 0.1) is 0 Å². The molecule has 0 aliphatic rings. The molecular formula is C18H14ClN7O. The lowest BCUT2D eigenvalue weighted by molar-refractivity contribution is 0.102. The molecule has 8 nitrogen and oxygen atoms in total. The van der Waals surface area contributed by atoms with Gasteiger partial charge < -0.3 is 16.4 Å². The van der Waals surface area contributed by atoms with E-state index in [1.165, 1.54) is 0 Å². The van der Waals surface area contributed by atoms with Gasteiger partial charge in [0.15, 0.2) is 5.69 Å². The summed E-state index contributed by atoms with van der Waals surface area (Å²) in [4.78, 5) is 20.6. The number of rotatable bonds is 4. The van der Waals surface area contributed by atoms with Gasteiger partial charge in [0.2, 0.25) is 5.95 Å². The van der Waals surface area contributed by atoms with Crippen molar-refractivity contribution in [1.29, 1.82) is 0 Å². The van der Waals surface area contributed by atoms with Crippen molar-refractivity contribution in [2.24, 2.45) is 0 Å². The smallest absolute Gasteiger partial charge is 0.276 e. The second-order valence-corrected chi connectivity index (χ2v) is 6.16. The highest BCUT2D eigenvalue weighted by Gasteiger charge is 2.15. The van der Waals surface area contributed by atoms with E-state index in [-0.39, 0.29) is 17.5 Å². The zero-order valence-electron chi connectivity index (χ0n) is 13.9. The molecule has 27 heavy (non-hydrogen) atoms. The molecule has 0 radical (unpaired) electrons. The average Bonchev–Trinajstić information content (AvgIpc) is 3.07. The van der Waals surface area contributed by atoms with Crippen molar-refractivity contribution in [2.45, 2.75) is 0 Å². The summed E-state index contributed by atoms with van der Waals surface area (Å²) >= 11 is 5.87. The van der Waals surface area contributed by atoms with Crippen molar-refractivity contribution in [3.63, 3.8) is 0 Å². The van der Waals surface area contributed by atoms with E-state index in [1.807, 2.05) is 18.2 Å². The minimum Gasteiger partial charge on any atom is -0.368 e. The molecule has 9 heteroatoms. The first-order chi connectivity index (χ1) is 13.1. The number of aromatic amines is 1. The molecule has 4 rings (SSSR count). The first-order valence-corrected chi connectivity index (χ1v) is 8.37. The van der Waals surface area contributed by atoms with Gasteiger partial charge in [-0.05, 0) is 48.5 Å². The van der Waals surface area contributed by atoms with E-state index in [1.54, 1.807) is 36.5 Å². The summed E-state index contributed by atoms with van der Waals surface area (Å²) in [7, 11) is 0. The standard InChI is InChI=1S/C18H14ClN7O/c19-10-1-3-11(4-2-10)23-17(27)16-13-9-12(5-6-14(13)25-26-16)22-15-7-8-21-18(20)24-15/h1-9H,(H,23,27)(H,25,26)(H3,20,21,22,24). The van der Waals surface area contributed by atoms with Crippen LogP contribution in [0.4, 0.5) is 23.1 Å². The molecule has 0 aliphatic heterocycles. The highest BCUT2D eigenvalue weighted by molar-refractivity contribution is 6.30. The number of nitrogens with one attached hydrogen (secondary N) is 3. The lowest BCUT2D eigenvalue weighted by Crippen LogP contribution is -2.12. The summed E-state index contributed by atoms with van der Waals surface area (Å²) in [6.45, 7) is 0. The summed E-state index contributed by atoms with van der Waals surface area (Å²) in [5, 5.41) is 14.2. The van der Waals surface area contributed by atoms with Gasteiger partial charge in [-0.2, -0.15) is 10.1 Å². The van der Waals surface area contributed by atoms with Crippen LogP contribution in [0.1, 0.15) is 10.5 Å². The van der Waals surface area contributed by atoms with Gasteiger partial charge in [0.25, 0.3) is 5.91 Å². The van der Waals surface area contributed by atoms with Crippen LogP contribution in [0.2, 0.25) is 5.02 Å². The lowest BCUT2D eigenvalue weighted by atomic mass is 10.1. The Bertz CT molecular complexity index is 1120. The van der Waals surface area contributed by atoms with E-state index in [0.717, 1.165) is 11.2 Å². The van der Waals surface area contributed by atoms with Crippen LogP contribution in [-0.4, -0.2) is 26.1 Å². The molecule has 2 aromatic carbocycles. The lowest BCUT2D eigenvalue weighted by Gasteiger charge is -2.06. The Morgan fingerprint density at radius 3 is 2.63 bits per heavy atom. The fourth-order valence-corrected chi connectivity index (χ4v) is 2.71. The minimum atomic E-state index is -0.327. The Hall–Kier alpha value is -3.65. The molecule has 0 fully saturated rings. The molecule has 0 unspecified atom stereocenters. The molecular weight excluding hydrogens is 366 g/mol. The Kier molecular flexibility index (Phi) is 4.31. The number of hydrogen-bond acceptors (Lipinski definition) is 6. The van der Waals surface area contributed by atoms with Crippen LogP contribution in [0.15, 0.2) is 54.7 Å². The number of benzene rings is 2. The van der Waals surface area contributed by atoms with Crippen molar-refractivity contribution < 1.29 is 4.79 Å². The summed E-state index contributed by atoms with van der Waals surface area (Å²) in [5.41, 5.74) is 7.99. The highest BCUT2D eigenvalue weighted by Crippen LogP contribution is 2.24. The number of nitrogens with two attached hydrogens (primary N) is 1. The predicted molar refractivity (Wildman–Crippen MR) is 105 cm³/mol. The Morgan fingerprint density at radius 1 is 1.07 bits per heavy atom. The minimum absolute atomic E-state index is 0.174. The summed E-state index contributed by atoms with van der Waals surface area (Å²) in [6.07, 6.45) is 1.56. The van der Waals surface area contributed by atoms with Crippen LogP contribution in [-0.2, 0) is 0 Å². The zero-order valence-corrected chi connectivity index (χ0v) is 14.7. The average molecular weight is 380 g/mol. The topological polar surface area (TPSA) is 122 Å². The SMILES string of the molecule is Nc1nccc(Nc2ccc3[nH]nc(C(=O)Nc4ccc(Cl)cc4)c3c2)n1. The van der Waals surface area contributed by atoms with Crippen molar-refractivity contribution in [3.05, 3.63) is 65.4 Å². The third kappa shape index (κ3) is 3.65. The molecule has 2 heterocycles. The normalized spacial score (nSPS) is 10.7. The van der Waals surface area contributed by atoms with Crippen LogP contribution < -0.4 is 16.4 Å². The van der Waals surface area contributed by atoms with Crippen molar-refractivity contribution >= 4 is 51.6 Å². The van der Waals surface area contributed by atoms with Gasteiger partial charge in [0, 0.05) is 28.0 Å². The number of halogens is 1. The number of fused-ring (bicyclic) bond motifs is 1. The summed E-state index contributed by atoms with van der Waals surface area (Å²) < 4.78 is 0. The molecule has 0 saturated heterocycles. The second kappa shape index (κ2) is 6.93. The van der Waals surface area contributed by atoms with E-state index in [9.17, 15) is 4.79 Å². The molecule has 5 N–H and O–H groups in total. The number of H-pyrrole nitrogens is 1. The third-order valence-electron chi connectivity index (χ3n) is 3.83. The maximum Gasteiger partial charge on any atom is 0.276 e. The van der Waals surface area contributed by atoms with Gasteiger partial charge in [-0.15, -0.1) is 0 Å². The highest BCUT2D eigenvalue weighted by atomic mass is 35.5. The van der Waals surface area contributed by atoms with Crippen molar-refractivity contribution in [1.82, 2.24) is 20.2 Å². The largest absolute Gasteiger partial charge is 0.368 e. The Balaban J connectivity index is 1.61. The number of hydrogen-bond donors (Lipinski definition) is 4. The van der Waals surface area contributed by atoms with Gasteiger partial charge in [0.1, 0.15) is 5.82 Å². The molecule has 1 amide bonds. The maximum atomic E-state index is 12.6. The Labute approximate surface area is 158 Å². The van der Waals surface area contributed by atoms with E-state index in [4.69, 9.17) is 17.3 Å². The van der Waals surface area contributed by atoms with Crippen LogP contribution in [0.3, 0.4) is 0 Å². The number of carbonyl (C=O) groups excluding carboxylic acids is 1. The van der Waals surface area contributed by atoms with Crippen LogP contribution in [0.5, 0.6) is 0 Å². The number of anilines is 4. The van der Waals surface area contributed by atoms with E-state index in [2.05, 4.69) is 30.8 Å². The number of nitrogen functional groups attached to an aromatic ring is 1. The molecule has 2 aromatic heterocycles. The van der Waals surface area contributed by atoms with Gasteiger partial charge >= 0.3 is 0 Å². The van der Waals surface area contributed by atoms with E-state index >= 15 is 0 Å². The first kappa shape index (κ1) is 16.8. The quantitative estimate of drug-likeness (QED) is 0.430. The molecule has 134 valence electrons. The van der Waals surface area contributed by atoms with Gasteiger partial charge in [-0.3, -0.25) is 9.89 Å². The number of amides is 1. The monoisotopic (exact) mass is 379 g/mol. The number of carbonyl (C=O) groups is 1. The maximum absolute atomic E-state index is 12.6. The fourth-order valence-electron chi connectivity index (χ4n) is 2.58. The van der Waals surface area contributed by atoms with E-state index < -0.39 is 0 Å². The van der Waals surface area contributed by atoms with Gasteiger partial charge in [0.05, 0.1) is 5.52 Å². The summed E-state index contributed by atoms with van der Waals surface area (Å²) in [6, 6.07) is 14.0. The number of nitrogens with zero attached hydrogens (tertiary/aromatic N) is 3. The van der Waals surface area contributed by atoms with Crippen molar-refractivity contribution in [2.75, 3.05) is 16.4 Å². The predicted octanol–water partition coefficient (Wildman–Crippen LogP) is 3.58. The van der Waals surface area contributed by atoms with Gasteiger partial charge in [-0.1, -0.05) is 11.6 Å². The molecule has 0 aliphatic carbocycles. The number of aromatic nitrogens is 4. The van der Waals surface area contributed by atoms with Crippen LogP contribution >= 0.6 is 11.6 Å². The molecule has 4 aromatic rings. The fraction of sp³-hybridized carbons (Fsp3) is 0. The van der Waals surface area contributed by atoms with Crippen LogP contribution in [0.25, 0.3) is 10.9 Å². The van der Waals surface area contributed by atoms with E-state index in [0.29, 0.717) is 21.9 Å². The summed E-state index contributed by atoms with van der Waals surface area (Å²) in [5.74, 6) is 0.400. The van der Waals surface area contributed by atoms with Gasteiger partial charge in [-0.25, -0.2) is 4.98 Å². The van der Waals surface area contributed by atoms with Crippen molar-refractivity contribution in [3.8, 4) is 0 Å². The zero-order chi connectivity index (χ0) is 18.8. The Morgan fingerprint density at radius 2 is 1.85 bits per heavy atom. The molecule has 0 saturated carbocycles. The molecule has 0 bridgehead atoms. The third-order valence-corrected chi connectivity index (χ3v) is 4.08. The second-order valence-electron chi connectivity index (χ2n) is 5.72. The molecule has 0 spiro atoms.